The molecule has 30 heavy (non-hydrogen) atoms. The van der Waals surface area contributed by atoms with E-state index >= 15 is 0 Å². The van der Waals surface area contributed by atoms with E-state index < -0.39 is 11.4 Å². The Bertz CT molecular complexity index is 995. The topological polar surface area (TPSA) is 80.3 Å². The summed E-state index contributed by atoms with van der Waals surface area (Å²) in [5.74, 6) is 0.0538. The van der Waals surface area contributed by atoms with Crippen molar-refractivity contribution >= 4 is 11.6 Å². The maximum atomic E-state index is 14.7. The number of amides is 1. The monoisotopic (exact) mass is 412 g/mol. The fourth-order valence-corrected chi connectivity index (χ4v) is 4.18. The molecule has 3 heterocycles. The second kappa shape index (κ2) is 8.35. The smallest absolute Gasteiger partial charge is 0.242 e. The van der Waals surface area contributed by atoms with Crippen molar-refractivity contribution in [2.75, 3.05) is 24.5 Å². The molecule has 9 heteroatoms. The van der Waals surface area contributed by atoms with Gasteiger partial charge in [0.1, 0.15) is 11.4 Å². The van der Waals surface area contributed by atoms with Crippen molar-refractivity contribution in [1.82, 2.24) is 24.9 Å². The highest BCUT2D eigenvalue weighted by molar-refractivity contribution is 5.93. The molecule has 1 aliphatic rings. The van der Waals surface area contributed by atoms with Crippen LogP contribution in [0.2, 0.25) is 0 Å². The number of nitrogens with zero attached hydrogens (tertiary/aromatic N) is 6. The van der Waals surface area contributed by atoms with Crippen molar-refractivity contribution in [3.8, 4) is 0 Å². The molecular formula is C21H25FN6O2. The summed E-state index contributed by atoms with van der Waals surface area (Å²) in [4.78, 5) is 16.6. The minimum Gasteiger partial charge on any atom is -0.423 e. The van der Waals surface area contributed by atoms with Crippen molar-refractivity contribution in [3.63, 3.8) is 0 Å². The number of hydrogen-bond acceptors (Lipinski definition) is 6. The predicted molar refractivity (Wildman–Crippen MR) is 108 cm³/mol. The van der Waals surface area contributed by atoms with Gasteiger partial charge in [-0.05, 0) is 31.0 Å². The number of anilines is 1. The van der Waals surface area contributed by atoms with Crippen molar-refractivity contribution in [2.45, 2.75) is 38.8 Å². The maximum absolute atomic E-state index is 14.7. The Hall–Kier alpha value is -3.07. The highest BCUT2D eigenvalue weighted by Gasteiger charge is 2.48. The molecule has 158 valence electrons. The van der Waals surface area contributed by atoms with Crippen LogP contribution in [0.4, 0.5) is 10.1 Å². The van der Waals surface area contributed by atoms with Crippen LogP contribution < -0.4 is 4.90 Å². The van der Waals surface area contributed by atoms with E-state index in [9.17, 15) is 9.18 Å². The quantitative estimate of drug-likeness (QED) is 0.619. The average Bonchev–Trinajstić information content (AvgIpc) is 3.41. The van der Waals surface area contributed by atoms with Crippen molar-refractivity contribution < 1.29 is 13.6 Å². The summed E-state index contributed by atoms with van der Waals surface area (Å²) >= 11 is 0. The Kier molecular flexibility index (Phi) is 5.63. The molecule has 3 aromatic rings. The van der Waals surface area contributed by atoms with Gasteiger partial charge in [0.15, 0.2) is 0 Å². The van der Waals surface area contributed by atoms with Crippen molar-refractivity contribution in [1.29, 1.82) is 0 Å². The first-order chi connectivity index (χ1) is 14.5. The maximum Gasteiger partial charge on any atom is 0.242 e. The number of carbonyl (C=O) groups is 1. The first-order valence-electron chi connectivity index (χ1n) is 10.1. The van der Waals surface area contributed by atoms with Crippen LogP contribution in [0.25, 0.3) is 0 Å². The highest BCUT2D eigenvalue weighted by atomic mass is 19.1. The molecule has 0 spiro atoms. The van der Waals surface area contributed by atoms with Crippen LogP contribution in [0.3, 0.4) is 0 Å². The summed E-state index contributed by atoms with van der Waals surface area (Å²) in [7, 11) is 0. The van der Waals surface area contributed by atoms with Crippen molar-refractivity contribution in [2.24, 2.45) is 0 Å². The van der Waals surface area contributed by atoms with Gasteiger partial charge in [-0.25, -0.2) is 4.39 Å². The van der Waals surface area contributed by atoms with Gasteiger partial charge >= 0.3 is 0 Å². The van der Waals surface area contributed by atoms with Gasteiger partial charge in [0.2, 0.25) is 17.7 Å². The molecule has 0 unspecified atom stereocenters. The molecule has 0 bridgehead atoms. The fourth-order valence-electron chi connectivity index (χ4n) is 4.18. The molecular weight excluding hydrogens is 387 g/mol. The Labute approximate surface area is 174 Å². The van der Waals surface area contributed by atoms with Crippen LogP contribution >= 0.6 is 0 Å². The predicted octanol–water partition coefficient (Wildman–Crippen LogP) is 2.76. The van der Waals surface area contributed by atoms with Crippen LogP contribution in [-0.4, -0.2) is 50.4 Å². The van der Waals surface area contributed by atoms with Crippen LogP contribution in [-0.2, 0) is 16.9 Å². The molecule has 1 aliphatic heterocycles. The number of aryl methyl sites for hydroxylation is 1. The van der Waals surface area contributed by atoms with Gasteiger partial charge in [-0.15, -0.1) is 10.2 Å². The summed E-state index contributed by atoms with van der Waals surface area (Å²) in [5, 5.41) is 12.5. The minimum atomic E-state index is -0.891. The lowest BCUT2D eigenvalue weighted by Gasteiger charge is -2.46. The second-order valence-corrected chi connectivity index (χ2v) is 7.57. The molecule has 2 aromatic heterocycles. The number of piperidine rings is 1. The highest BCUT2D eigenvalue weighted by Crippen LogP contribution is 2.42. The summed E-state index contributed by atoms with van der Waals surface area (Å²) in [6.45, 7) is 6.19. The van der Waals surface area contributed by atoms with Gasteiger partial charge in [-0.1, -0.05) is 12.1 Å². The number of para-hydroxylation sites is 1. The van der Waals surface area contributed by atoms with Crippen molar-refractivity contribution in [3.05, 3.63) is 60.3 Å². The van der Waals surface area contributed by atoms with E-state index in [2.05, 4.69) is 20.2 Å². The van der Waals surface area contributed by atoms with Gasteiger partial charge < -0.3 is 9.32 Å². The Morgan fingerprint density at radius 3 is 2.57 bits per heavy atom. The minimum absolute atomic E-state index is 0.228. The fraction of sp³-hybridized carbons (Fsp3) is 0.429. The van der Waals surface area contributed by atoms with Crippen LogP contribution in [0.1, 0.15) is 31.5 Å². The number of carbonyl (C=O) groups excluding carboxylic acids is 1. The summed E-state index contributed by atoms with van der Waals surface area (Å²) in [5.41, 5.74) is -0.664. The number of likely N-dealkylation sites (tertiary alicyclic amines) is 1. The molecule has 0 N–H and O–H groups in total. The summed E-state index contributed by atoms with van der Waals surface area (Å²) < 4.78 is 22.4. The van der Waals surface area contributed by atoms with E-state index in [1.807, 2.05) is 16.9 Å². The van der Waals surface area contributed by atoms with Crippen LogP contribution in [0.5, 0.6) is 0 Å². The number of benzene rings is 1. The third kappa shape index (κ3) is 3.85. The number of hydrogen-bond donors (Lipinski definition) is 0. The van der Waals surface area contributed by atoms with E-state index in [-0.39, 0.29) is 11.6 Å². The SMILES string of the molecule is CC(=O)N(c1ccccc1F)C1(c2nnc(C)o2)CCN(CCn2cccn2)CC1. The number of halogens is 1. The van der Waals surface area contributed by atoms with E-state index in [0.717, 1.165) is 13.1 Å². The van der Waals surface area contributed by atoms with Gasteiger partial charge in [0.25, 0.3) is 0 Å². The third-order valence-electron chi connectivity index (χ3n) is 5.65. The zero-order chi connectivity index (χ0) is 21.1. The first-order valence-corrected chi connectivity index (χ1v) is 10.1. The Morgan fingerprint density at radius 1 is 1.20 bits per heavy atom. The lowest BCUT2D eigenvalue weighted by molar-refractivity contribution is -0.118. The van der Waals surface area contributed by atoms with E-state index in [0.29, 0.717) is 37.7 Å². The largest absolute Gasteiger partial charge is 0.423 e. The molecule has 1 fully saturated rings. The molecule has 4 rings (SSSR count). The van der Waals surface area contributed by atoms with Crippen LogP contribution in [0.15, 0.2) is 47.1 Å². The molecule has 0 saturated carbocycles. The molecule has 0 aliphatic carbocycles. The molecule has 1 amide bonds. The third-order valence-corrected chi connectivity index (χ3v) is 5.65. The standard InChI is InChI=1S/C21H25FN6O2/c1-16-24-25-20(30-16)21(28(17(2)29)19-7-4-3-6-18(19)22)8-12-26(13-9-21)14-15-27-11-5-10-23-27/h3-7,10-11H,8-9,12-15H2,1-2H3. The number of aromatic nitrogens is 4. The van der Waals surface area contributed by atoms with E-state index in [1.54, 1.807) is 31.3 Å². The lowest BCUT2D eigenvalue weighted by Crippen LogP contribution is -2.56. The van der Waals surface area contributed by atoms with E-state index in [1.165, 1.54) is 17.9 Å². The Morgan fingerprint density at radius 2 is 1.97 bits per heavy atom. The zero-order valence-electron chi connectivity index (χ0n) is 17.2. The molecule has 8 nitrogen and oxygen atoms in total. The van der Waals surface area contributed by atoms with Gasteiger partial charge in [0.05, 0.1) is 12.2 Å². The Balaban J connectivity index is 1.63. The van der Waals surface area contributed by atoms with E-state index in [4.69, 9.17) is 4.42 Å². The molecule has 1 aromatic carbocycles. The number of rotatable bonds is 6. The average molecular weight is 412 g/mol. The van der Waals surface area contributed by atoms with Gasteiger partial charge in [0, 0.05) is 45.9 Å². The van der Waals surface area contributed by atoms with Crippen LogP contribution in [0, 0.1) is 12.7 Å². The second-order valence-electron chi connectivity index (χ2n) is 7.57. The molecule has 0 radical (unpaired) electrons. The molecule has 1 saturated heterocycles. The van der Waals surface area contributed by atoms with Gasteiger partial charge in [-0.3, -0.25) is 14.4 Å². The molecule has 0 atom stereocenters. The summed E-state index contributed by atoms with van der Waals surface area (Å²) in [6.07, 6.45) is 4.81. The zero-order valence-corrected chi connectivity index (χ0v) is 17.2. The normalized spacial score (nSPS) is 16.5. The summed E-state index contributed by atoms with van der Waals surface area (Å²) in [6, 6.07) is 8.21. The van der Waals surface area contributed by atoms with Gasteiger partial charge in [-0.2, -0.15) is 5.10 Å². The lowest BCUT2D eigenvalue weighted by atomic mass is 9.84. The first kappa shape index (κ1) is 20.2.